The van der Waals surface area contributed by atoms with Crippen molar-refractivity contribution in [2.75, 3.05) is 18.0 Å². The maximum Gasteiger partial charge on any atom is 0.136 e. The molecule has 1 saturated heterocycles. The van der Waals surface area contributed by atoms with Gasteiger partial charge in [0.05, 0.1) is 12.1 Å². The van der Waals surface area contributed by atoms with Crippen LogP contribution in [0.1, 0.15) is 60.2 Å². The largest absolute Gasteiger partial charge is 0.357 e. The first-order valence-electron chi connectivity index (χ1n) is 11.7. The van der Waals surface area contributed by atoms with Gasteiger partial charge in [-0.05, 0) is 68.0 Å². The normalized spacial score (nSPS) is 14.2. The summed E-state index contributed by atoms with van der Waals surface area (Å²) in [6.45, 7) is 6.41. The SMILES string of the molecule is CCc1cc(C)cc(Cc2nc(Cc3ccn4ccnc4c3)cc(N3CCCCC3)n2)n1. The number of nitrogens with zero attached hydrogens (tertiary/aromatic N) is 6. The smallest absolute Gasteiger partial charge is 0.136 e. The Kier molecular flexibility index (Phi) is 5.84. The number of hydrogen-bond donors (Lipinski definition) is 0. The fourth-order valence-electron chi connectivity index (χ4n) is 4.51. The molecule has 0 atom stereocenters. The van der Waals surface area contributed by atoms with E-state index in [9.17, 15) is 0 Å². The predicted octanol–water partition coefficient (Wildman–Crippen LogP) is 4.56. The predicted molar refractivity (Wildman–Crippen MR) is 127 cm³/mol. The van der Waals surface area contributed by atoms with Gasteiger partial charge in [-0.1, -0.05) is 6.92 Å². The Hall–Kier alpha value is -3.28. The number of pyridine rings is 2. The van der Waals surface area contributed by atoms with E-state index in [0.29, 0.717) is 6.42 Å². The van der Waals surface area contributed by atoms with Gasteiger partial charge in [0.15, 0.2) is 0 Å². The Balaban J connectivity index is 1.48. The summed E-state index contributed by atoms with van der Waals surface area (Å²) in [4.78, 5) is 21.6. The van der Waals surface area contributed by atoms with E-state index in [1.54, 1.807) is 0 Å². The molecule has 1 fully saturated rings. The Morgan fingerprint density at radius 1 is 0.844 bits per heavy atom. The first-order valence-corrected chi connectivity index (χ1v) is 11.7. The lowest BCUT2D eigenvalue weighted by molar-refractivity contribution is 0.571. The van der Waals surface area contributed by atoms with Crippen LogP contribution in [0.4, 0.5) is 5.82 Å². The zero-order valence-electron chi connectivity index (χ0n) is 19.0. The third-order valence-corrected chi connectivity index (χ3v) is 6.12. The van der Waals surface area contributed by atoms with Gasteiger partial charge >= 0.3 is 0 Å². The molecule has 164 valence electrons. The van der Waals surface area contributed by atoms with Crippen molar-refractivity contribution in [1.29, 1.82) is 0 Å². The van der Waals surface area contributed by atoms with Gasteiger partial charge in [-0.3, -0.25) is 4.98 Å². The summed E-state index contributed by atoms with van der Waals surface area (Å²) in [5, 5.41) is 0. The molecule has 1 aliphatic rings. The zero-order chi connectivity index (χ0) is 21.9. The molecular formula is C26H30N6. The van der Waals surface area contributed by atoms with Crippen LogP contribution >= 0.6 is 0 Å². The minimum atomic E-state index is 0.655. The van der Waals surface area contributed by atoms with E-state index in [-0.39, 0.29) is 0 Å². The molecule has 0 bridgehead atoms. The maximum absolute atomic E-state index is 4.98. The lowest BCUT2D eigenvalue weighted by Crippen LogP contribution is -2.30. The highest BCUT2D eigenvalue weighted by Crippen LogP contribution is 2.21. The van der Waals surface area contributed by atoms with Crippen LogP contribution in [0.2, 0.25) is 0 Å². The number of anilines is 1. The molecule has 0 radical (unpaired) electrons. The third kappa shape index (κ3) is 4.64. The van der Waals surface area contributed by atoms with E-state index in [2.05, 4.69) is 60.3 Å². The van der Waals surface area contributed by atoms with Gasteiger partial charge in [0.1, 0.15) is 17.3 Å². The van der Waals surface area contributed by atoms with Gasteiger partial charge in [-0.2, -0.15) is 0 Å². The Morgan fingerprint density at radius 3 is 2.50 bits per heavy atom. The van der Waals surface area contributed by atoms with Crippen LogP contribution in [0.5, 0.6) is 0 Å². The molecule has 1 aliphatic heterocycles. The van der Waals surface area contributed by atoms with E-state index >= 15 is 0 Å². The molecule has 0 N–H and O–H groups in total. The molecule has 6 nitrogen and oxygen atoms in total. The highest BCUT2D eigenvalue weighted by Gasteiger charge is 2.16. The van der Waals surface area contributed by atoms with Crippen molar-refractivity contribution in [3.05, 3.63) is 83.0 Å². The second-order valence-electron chi connectivity index (χ2n) is 8.74. The van der Waals surface area contributed by atoms with E-state index in [0.717, 1.165) is 60.3 Å². The van der Waals surface area contributed by atoms with Crippen LogP contribution < -0.4 is 4.90 Å². The van der Waals surface area contributed by atoms with Crippen molar-refractivity contribution in [3.8, 4) is 0 Å². The van der Waals surface area contributed by atoms with Gasteiger partial charge in [-0.25, -0.2) is 15.0 Å². The zero-order valence-corrected chi connectivity index (χ0v) is 19.0. The second-order valence-corrected chi connectivity index (χ2v) is 8.74. The Labute approximate surface area is 189 Å². The molecule has 0 aromatic carbocycles. The molecule has 4 aromatic heterocycles. The van der Waals surface area contributed by atoms with E-state index < -0.39 is 0 Å². The van der Waals surface area contributed by atoms with Crippen LogP contribution in [0.25, 0.3) is 5.65 Å². The first kappa shape index (κ1) is 20.6. The molecule has 5 rings (SSSR count). The summed E-state index contributed by atoms with van der Waals surface area (Å²) in [5.41, 5.74) is 6.63. The lowest BCUT2D eigenvalue weighted by Gasteiger charge is -2.28. The van der Waals surface area contributed by atoms with Crippen LogP contribution in [0.3, 0.4) is 0 Å². The second kappa shape index (κ2) is 9.07. The van der Waals surface area contributed by atoms with Gasteiger partial charge in [0, 0.05) is 55.6 Å². The molecule has 0 amide bonds. The minimum Gasteiger partial charge on any atom is -0.357 e. The number of hydrogen-bond acceptors (Lipinski definition) is 5. The number of imidazole rings is 1. The molecule has 0 unspecified atom stereocenters. The molecule has 0 spiro atoms. The van der Waals surface area contributed by atoms with Crippen LogP contribution in [0.15, 0.2) is 48.9 Å². The molecule has 0 saturated carbocycles. The highest BCUT2D eigenvalue weighted by atomic mass is 15.2. The summed E-state index contributed by atoms with van der Waals surface area (Å²) < 4.78 is 2.03. The average molecular weight is 427 g/mol. The number of aromatic nitrogens is 5. The van der Waals surface area contributed by atoms with E-state index in [4.69, 9.17) is 15.0 Å². The Bertz CT molecular complexity index is 1220. The van der Waals surface area contributed by atoms with Crippen molar-refractivity contribution in [2.45, 2.75) is 52.4 Å². The van der Waals surface area contributed by atoms with Crippen molar-refractivity contribution in [2.24, 2.45) is 0 Å². The minimum absolute atomic E-state index is 0.655. The molecule has 4 aromatic rings. The van der Waals surface area contributed by atoms with Gasteiger partial charge in [0.25, 0.3) is 0 Å². The summed E-state index contributed by atoms with van der Waals surface area (Å²) in [5.74, 6) is 1.90. The maximum atomic E-state index is 4.98. The van der Waals surface area contributed by atoms with Crippen LogP contribution in [-0.2, 0) is 19.3 Å². The van der Waals surface area contributed by atoms with Crippen molar-refractivity contribution in [3.63, 3.8) is 0 Å². The van der Waals surface area contributed by atoms with Crippen LogP contribution in [-0.4, -0.2) is 37.4 Å². The average Bonchev–Trinajstić information content (AvgIpc) is 3.27. The topological polar surface area (TPSA) is 59.2 Å². The van der Waals surface area contributed by atoms with Crippen molar-refractivity contribution >= 4 is 11.5 Å². The summed E-state index contributed by atoms with van der Waals surface area (Å²) >= 11 is 0. The summed E-state index contributed by atoms with van der Waals surface area (Å²) in [6.07, 6.45) is 12.0. The van der Waals surface area contributed by atoms with Gasteiger partial charge in [0.2, 0.25) is 0 Å². The van der Waals surface area contributed by atoms with E-state index in [1.165, 1.54) is 30.4 Å². The fraction of sp³-hybridized carbons (Fsp3) is 0.385. The standard InChI is InChI=1S/C26H30N6/c1-3-21-13-19(2)14-22(28-21)17-24-29-23(18-26(30-24)31-9-5-4-6-10-31)15-20-7-11-32-12-8-27-25(32)16-20/h7-8,11-14,16,18H,3-6,9-10,15,17H2,1-2H3. The number of piperidine rings is 1. The fourth-order valence-corrected chi connectivity index (χ4v) is 4.51. The lowest BCUT2D eigenvalue weighted by atomic mass is 10.1. The first-order chi connectivity index (χ1) is 15.7. The van der Waals surface area contributed by atoms with Crippen molar-refractivity contribution in [1.82, 2.24) is 24.3 Å². The molecule has 32 heavy (non-hydrogen) atoms. The molecule has 6 heteroatoms. The monoisotopic (exact) mass is 426 g/mol. The molecule has 0 aliphatic carbocycles. The van der Waals surface area contributed by atoms with Crippen LogP contribution in [0, 0.1) is 6.92 Å². The number of rotatable bonds is 6. The Morgan fingerprint density at radius 2 is 1.66 bits per heavy atom. The summed E-state index contributed by atoms with van der Waals surface area (Å²) in [6, 6.07) is 10.8. The number of aryl methyl sites for hydroxylation is 2. The van der Waals surface area contributed by atoms with Gasteiger partial charge < -0.3 is 9.30 Å². The van der Waals surface area contributed by atoms with Gasteiger partial charge in [-0.15, -0.1) is 0 Å². The molecular weight excluding hydrogens is 396 g/mol. The van der Waals surface area contributed by atoms with Crippen molar-refractivity contribution < 1.29 is 0 Å². The molecule has 5 heterocycles. The van der Waals surface area contributed by atoms with E-state index in [1.807, 2.05) is 16.8 Å². The summed E-state index contributed by atoms with van der Waals surface area (Å²) in [7, 11) is 0. The number of fused-ring (bicyclic) bond motifs is 1. The highest BCUT2D eigenvalue weighted by molar-refractivity contribution is 5.45. The quantitative estimate of drug-likeness (QED) is 0.452. The third-order valence-electron chi connectivity index (χ3n) is 6.12.